The van der Waals surface area contributed by atoms with E-state index in [9.17, 15) is 5.26 Å². The van der Waals surface area contributed by atoms with Gasteiger partial charge in [-0.05, 0) is 44.2 Å². The molecule has 3 nitrogen and oxygen atoms in total. The normalized spacial score (nSPS) is 18.3. The summed E-state index contributed by atoms with van der Waals surface area (Å²) in [6.45, 7) is 6.22. The van der Waals surface area contributed by atoms with Gasteiger partial charge in [-0.25, -0.2) is 0 Å². The van der Waals surface area contributed by atoms with Gasteiger partial charge in [0.1, 0.15) is 25.0 Å². The summed E-state index contributed by atoms with van der Waals surface area (Å²) in [7, 11) is 2.34. The minimum absolute atomic E-state index is 0.644. The number of benzene rings is 1. The second-order valence-electron chi connectivity index (χ2n) is 6.47. The maximum Gasteiger partial charge on any atom is 0.140 e. The Balaban J connectivity index is 1.93. The van der Waals surface area contributed by atoms with E-state index in [2.05, 4.69) is 13.1 Å². The van der Waals surface area contributed by atoms with Crippen molar-refractivity contribution in [1.29, 1.82) is 5.26 Å². The molecule has 114 valence electrons. The van der Waals surface area contributed by atoms with E-state index >= 15 is 0 Å². The Hall–Kier alpha value is -1.53. The molecule has 0 aliphatic carbocycles. The highest BCUT2D eigenvalue weighted by Crippen LogP contribution is 2.23. The molecule has 1 heterocycles. The van der Waals surface area contributed by atoms with Gasteiger partial charge in [-0.15, -0.1) is 0 Å². The van der Waals surface area contributed by atoms with E-state index in [-0.39, 0.29) is 0 Å². The number of para-hydroxylation sites is 1. The maximum absolute atomic E-state index is 9.18. The number of likely N-dealkylation sites (tertiary alicyclic amines) is 1. The van der Waals surface area contributed by atoms with Gasteiger partial charge in [-0.3, -0.25) is 0 Å². The summed E-state index contributed by atoms with van der Waals surface area (Å²) in [6, 6.07) is 7.96. The molecule has 0 N–H and O–H groups in total. The predicted molar refractivity (Wildman–Crippen MR) is 85.3 cm³/mol. The number of hydrogen-bond acceptors (Lipinski definition) is 2. The van der Waals surface area contributed by atoms with Crippen LogP contribution in [0.3, 0.4) is 0 Å². The number of hydrogen-bond donors (Lipinski definition) is 0. The zero-order valence-electron chi connectivity index (χ0n) is 13.4. The van der Waals surface area contributed by atoms with E-state index in [4.69, 9.17) is 4.74 Å². The highest BCUT2D eigenvalue weighted by atomic mass is 16.5. The molecule has 1 aliphatic heterocycles. The first-order valence-corrected chi connectivity index (χ1v) is 8.11. The van der Waals surface area contributed by atoms with Gasteiger partial charge >= 0.3 is 0 Å². The van der Waals surface area contributed by atoms with Crippen molar-refractivity contribution < 1.29 is 9.22 Å². The van der Waals surface area contributed by atoms with Crippen LogP contribution in [0.5, 0.6) is 5.75 Å². The van der Waals surface area contributed by atoms with Gasteiger partial charge in [0, 0.05) is 0 Å². The summed E-state index contributed by atoms with van der Waals surface area (Å²) >= 11 is 0. The van der Waals surface area contributed by atoms with Gasteiger partial charge < -0.3 is 9.22 Å². The summed E-state index contributed by atoms with van der Waals surface area (Å²) in [4.78, 5) is 0. The lowest BCUT2D eigenvalue weighted by atomic mass is 10.1. The van der Waals surface area contributed by atoms with Gasteiger partial charge in [0.05, 0.1) is 25.7 Å². The SMILES string of the molecule is Cc1cccc(C#N)c1OCC[N+]1(C)CCCCCCC1. The summed E-state index contributed by atoms with van der Waals surface area (Å²) < 4.78 is 7.07. The van der Waals surface area contributed by atoms with Crippen molar-refractivity contribution in [2.24, 2.45) is 0 Å². The lowest BCUT2D eigenvalue weighted by molar-refractivity contribution is -0.910. The zero-order chi connectivity index (χ0) is 15.1. The Morgan fingerprint density at radius 2 is 1.81 bits per heavy atom. The molecule has 0 aromatic heterocycles. The van der Waals surface area contributed by atoms with E-state index in [1.807, 2.05) is 25.1 Å². The fourth-order valence-electron chi connectivity index (χ4n) is 3.15. The molecule has 1 fully saturated rings. The Labute approximate surface area is 128 Å². The van der Waals surface area contributed by atoms with Crippen molar-refractivity contribution in [2.75, 3.05) is 33.3 Å². The van der Waals surface area contributed by atoms with Gasteiger partial charge in [0.25, 0.3) is 0 Å². The summed E-state index contributed by atoms with van der Waals surface area (Å²) in [5, 5.41) is 9.18. The fraction of sp³-hybridized carbons (Fsp3) is 0.611. The first-order valence-electron chi connectivity index (χ1n) is 8.11. The van der Waals surface area contributed by atoms with Crippen LogP contribution < -0.4 is 4.74 Å². The Bertz CT molecular complexity index is 496. The molecule has 0 saturated carbocycles. The molecule has 0 spiro atoms. The molecule has 1 aromatic rings. The van der Waals surface area contributed by atoms with E-state index in [0.29, 0.717) is 12.2 Å². The third kappa shape index (κ3) is 4.47. The van der Waals surface area contributed by atoms with Crippen molar-refractivity contribution in [3.63, 3.8) is 0 Å². The third-order valence-corrected chi connectivity index (χ3v) is 4.61. The largest absolute Gasteiger partial charge is 0.486 e. The number of ether oxygens (including phenoxy) is 1. The number of rotatable bonds is 4. The molecule has 21 heavy (non-hydrogen) atoms. The highest BCUT2D eigenvalue weighted by molar-refractivity contribution is 5.47. The van der Waals surface area contributed by atoms with Crippen LogP contribution in [0.15, 0.2) is 18.2 Å². The first-order chi connectivity index (χ1) is 10.1. The number of likely N-dealkylation sites (N-methyl/N-ethyl adjacent to an activating group) is 1. The van der Waals surface area contributed by atoms with Crippen molar-refractivity contribution >= 4 is 0 Å². The lowest BCUT2D eigenvalue weighted by Crippen LogP contribution is -2.48. The first kappa shape index (κ1) is 15.9. The molecule has 0 amide bonds. The molecule has 1 saturated heterocycles. The lowest BCUT2D eigenvalue weighted by Gasteiger charge is -2.36. The number of nitrogens with zero attached hydrogens (tertiary/aromatic N) is 2. The second kappa shape index (κ2) is 7.47. The van der Waals surface area contributed by atoms with Crippen molar-refractivity contribution in [2.45, 2.75) is 39.0 Å². The fourth-order valence-corrected chi connectivity index (χ4v) is 3.15. The molecule has 0 unspecified atom stereocenters. The molecular formula is C18H27N2O+. The van der Waals surface area contributed by atoms with Crippen LogP contribution in [0, 0.1) is 18.3 Å². The molecule has 1 aliphatic rings. The van der Waals surface area contributed by atoms with E-state index < -0.39 is 0 Å². The number of nitriles is 1. The summed E-state index contributed by atoms with van der Waals surface area (Å²) in [5.74, 6) is 0.763. The zero-order valence-corrected chi connectivity index (χ0v) is 13.4. The average molecular weight is 287 g/mol. The minimum atomic E-state index is 0.644. The van der Waals surface area contributed by atoms with Gasteiger partial charge in [-0.2, -0.15) is 5.26 Å². The van der Waals surface area contributed by atoms with Crippen LogP contribution >= 0.6 is 0 Å². The smallest absolute Gasteiger partial charge is 0.140 e. The molecule has 0 bridgehead atoms. The highest BCUT2D eigenvalue weighted by Gasteiger charge is 2.22. The molecule has 0 radical (unpaired) electrons. The summed E-state index contributed by atoms with van der Waals surface area (Å²) in [6.07, 6.45) is 6.77. The molecule has 1 aromatic carbocycles. The van der Waals surface area contributed by atoms with Crippen molar-refractivity contribution in [3.8, 4) is 11.8 Å². The minimum Gasteiger partial charge on any atom is -0.486 e. The third-order valence-electron chi connectivity index (χ3n) is 4.61. The standard InChI is InChI=1S/C18H27N2O/c1-16-9-8-10-17(15-19)18(16)21-14-13-20(2)11-6-4-3-5-7-12-20/h8-10H,3-7,11-14H2,1-2H3/q+1. The van der Waals surface area contributed by atoms with Crippen LogP contribution in [-0.4, -0.2) is 37.8 Å². The molecular weight excluding hydrogens is 260 g/mol. The van der Waals surface area contributed by atoms with Crippen molar-refractivity contribution in [3.05, 3.63) is 29.3 Å². The Morgan fingerprint density at radius 1 is 1.14 bits per heavy atom. The summed E-state index contributed by atoms with van der Waals surface area (Å²) in [5.41, 5.74) is 1.69. The monoisotopic (exact) mass is 287 g/mol. The topological polar surface area (TPSA) is 33.0 Å². The number of aryl methyl sites for hydroxylation is 1. The van der Waals surface area contributed by atoms with Crippen LogP contribution in [0.25, 0.3) is 0 Å². The maximum atomic E-state index is 9.18. The quantitative estimate of drug-likeness (QED) is 0.792. The van der Waals surface area contributed by atoms with Crippen LogP contribution in [0.1, 0.15) is 43.2 Å². The molecule has 3 heteroatoms. The molecule has 2 rings (SSSR count). The van der Waals surface area contributed by atoms with E-state index in [1.165, 1.54) is 45.2 Å². The predicted octanol–water partition coefficient (Wildman–Crippen LogP) is 3.66. The van der Waals surface area contributed by atoms with E-state index in [0.717, 1.165) is 22.3 Å². The van der Waals surface area contributed by atoms with Gasteiger partial charge in [0.2, 0.25) is 0 Å². The molecule has 0 atom stereocenters. The Kier molecular flexibility index (Phi) is 5.64. The van der Waals surface area contributed by atoms with Gasteiger partial charge in [0.15, 0.2) is 0 Å². The van der Waals surface area contributed by atoms with Crippen LogP contribution in [0.4, 0.5) is 0 Å². The second-order valence-corrected chi connectivity index (χ2v) is 6.47. The van der Waals surface area contributed by atoms with Crippen LogP contribution in [-0.2, 0) is 0 Å². The van der Waals surface area contributed by atoms with Crippen molar-refractivity contribution in [1.82, 2.24) is 0 Å². The van der Waals surface area contributed by atoms with Gasteiger partial charge in [-0.1, -0.05) is 18.6 Å². The van der Waals surface area contributed by atoms with Crippen LogP contribution in [0.2, 0.25) is 0 Å². The average Bonchev–Trinajstić information content (AvgIpc) is 2.45. The Morgan fingerprint density at radius 3 is 2.48 bits per heavy atom. The number of quaternary nitrogens is 1. The van der Waals surface area contributed by atoms with E-state index in [1.54, 1.807) is 0 Å².